The number of hydrogen-bond donors (Lipinski definition) is 2. The molecule has 1 aromatic heterocycles. The average molecular weight is 274 g/mol. The van der Waals surface area contributed by atoms with Crippen LogP contribution in [0, 0.1) is 6.92 Å². The number of aromatic nitrogens is 1. The Morgan fingerprint density at radius 3 is 2.70 bits per heavy atom. The topological polar surface area (TPSA) is 75.4 Å². The predicted molar refractivity (Wildman–Crippen MR) is 74.2 cm³/mol. The van der Waals surface area contributed by atoms with E-state index in [1.54, 1.807) is 6.92 Å². The molecule has 1 heterocycles. The number of oxazole rings is 1. The second-order valence-electron chi connectivity index (χ2n) is 4.79. The second kappa shape index (κ2) is 6.34. The molecule has 1 aromatic carbocycles. The van der Waals surface area contributed by atoms with E-state index in [0.717, 1.165) is 5.56 Å². The number of carbonyl (C=O) groups excluding carboxylic acids is 1. The first-order valence-corrected chi connectivity index (χ1v) is 6.52. The summed E-state index contributed by atoms with van der Waals surface area (Å²) in [5.41, 5.74) is 1.12. The van der Waals surface area contributed by atoms with E-state index >= 15 is 0 Å². The highest BCUT2D eigenvalue weighted by molar-refractivity contribution is 5.93. The zero-order chi connectivity index (χ0) is 14.5. The minimum atomic E-state index is -0.607. The molecule has 0 saturated carbocycles. The monoisotopic (exact) mass is 274 g/mol. The number of nitrogens with zero attached hydrogens (tertiary/aromatic N) is 1. The zero-order valence-electron chi connectivity index (χ0n) is 11.5. The van der Waals surface area contributed by atoms with E-state index in [-0.39, 0.29) is 17.6 Å². The summed E-state index contributed by atoms with van der Waals surface area (Å²) in [5.74, 6) is 0.197. The van der Waals surface area contributed by atoms with Gasteiger partial charge in [0.15, 0.2) is 12.1 Å². The fraction of sp³-hybridized carbons (Fsp3) is 0.333. The van der Waals surface area contributed by atoms with E-state index in [2.05, 4.69) is 10.3 Å². The van der Waals surface area contributed by atoms with Crippen molar-refractivity contribution in [1.29, 1.82) is 0 Å². The summed E-state index contributed by atoms with van der Waals surface area (Å²) in [4.78, 5) is 15.8. The molecule has 0 radical (unpaired) electrons. The van der Waals surface area contributed by atoms with Crippen LogP contribution in [-0.4, -0.2) is 22.0 Å². The molecule has 1 amide bonds. The fourth-order valence-electron chi connectivity index (χ4n) is 2.02. The molecule has 0 spiro atoms. The molecule has 0 aliphatic heterocycles. The minimum Gasteiger partial charge on any atom is -0.448 e. The highest BCUT2D eigenvalue weighted by atomic mass is 16.3. The van der Waals surface area contributed by atoms with Crippen molar-refractivity contribution in [3.05, 3.63) is 53.7 Å². The Morgan fingerprint density at radius 1 is 1.40 bits per heavy atom. The zero-order valence-corrected chi connectivity index (χ0v) is 11.5. The Hall–Kier alpha value is -2.14. The van der Waals surface area contributed by atoms with E-state index in [4.69, 9.17) is 4.42 Å². The van der Waals surface area contributed by atoms with Gasteiger partial charge in [0.25, 0.3) is 5.91 Å². The number of amides is 1. The smallest absolute Gasteiger partial charge is 0.273 e. The van der Waals surface area contributed by atoms with E-state index in [0.29, 0.717) is 12.2 Å². The lowest BCUT2D eigenvalue weighted by Gasteiger charge is -2.17. The standard InChI is InChI=1S/C15H18N2O3/c1-10(8-13(18)12-6-4-3-5-7-12)17-15(19)14-11(2)20-9-16-14/h3-7,9-10,13,18H,8H2,1-2H3,(H,17,19). The Balaban J connectivity index is 1.91. The van der Waals surface area contributed by atoms with Crippen molar-refractivity contribution in [2.75, 3.05) is 0 Å². The molecular formula is C15H18N2O3. The molecule has 0 bridgehead atoms. The first-order valence-electron chi connectivity index (χ1n) is 6.52. The third-order valence-electron chi connectivity index (χ3n) is 3.10. The van der Waals surface area contributed by atoms with Crippen molar-refractivity contribution >= 4 is 5.91 Å². The van der Waals surface area contributed by atoms with Gasteiger partial charge >= 0.3 is 0 Å². The molecule has 2 aromatic rings. The van der Waals surface area contributed by atoms with E-state index in [1.165, 1.54) is 6.39 Å². The normalized spacial score (nSPS) is 13.8. The van der Waals surface area contributed by atoms with Crippen molar-refractivity contribution in [1.82, 2.24) is 10.3 Å². The summed E-state index contributed by atoms with van der Waals surface area (Å²) < 4.78 is 5.00. The lowest BCUT2D eigenvalue weighted by Crippen LogP contribution is -2.34. The van der Waals surface area contributed by atoms with Crippen molar-refractivity contribution in [3.63, 3.8) is 0 Å². The third kappa shape index (κ3) is 3.45. The van der Waals surface area contributed by atoms with Crippen molar-refractivity contribution in [2.24, 2.45) is 0 Å². The number of benzene rings is 1. The molecule has 0 fully saturated rings. The maximum Gasteiger partial charge on any atom is 0.273 e. The number of aliphatic hydroxyl groups is 1. The van der Waals surface area contributed by atoms with Crippen LogP contribution < -0.4 is 5.32 Å². The van der Waals surface area contributed by atoms with Gasteiger partial charge in [0.1, 0.15) is 5.76 Å². The van der Waals surface area contributed by atoms with Crippen molar-refractivity contribution in [3.8, 4) is 0 Å². The Labute approximate surface area is 117 Å². The van der Waals surface area contributed by atoms with Gasteiger partial charge < -0.3 is 14.8 Å². The van der Waals surface area contributed by atoms with Crippen LogP contribution >= 0.6 is 0 Å². The van der Waals surface area contributed by atoms with Crippen LogP contribution in [-0.2, 0) is 0 Å². The minimum absolute atomic E-state index is 0.172. The number of nitrogens with one attached hydrogen (secondary N) is 1. The number of aliphatic hydroxyl groups excluding tert-OH is 1. The summed E-state index contributed by atoms with van der Waals surface area (Å²) in [7, 11) is 0. The number of rotatable bonds is 5. The summed E-state index contributed by atoms with van der Waals surface area (Å²) in [5, 5.41) is 12.9. The second-order valence-corrected chi connectivity index (χ2v) is 4.79. The molecule has 106 valence electrons. The van der Waals surface area contributed by atoms with E-state index in [9.17, 15) is 9.90 Å². The van der Waals surface area contributed by atoms with Gasteiger partial charge in [0, 0.05) is 6.04 Å². The lowest BCUT2D eigenvalue weighted by atomic mass is 10.0. The molecule has 0 saturated heterocycles. The molecule has 5 nitrogen and oxygen atoms in total. The van der Waals surface area contributed by atoms with Crippen LogP contribution in [0.4, 0.5) is 0 Å². The first kappa shape index (κ1) is 14.3. The molecule has 5 heteroatoms. The summed E-state index contributed by atoms with van der Waals surface area (Å²) in [6, 6.07) is 9.20. The third-order valence-corrected chi connectivity index (χ3v) is 3.10. The largest absolute Gasteiger partial charge is 0.448 e. The van der Waals surface area contributed by atoms with Crippen LogP contribution in [0.25, 0.3) is 0 Å². The predicted octanol–water partition coefficient (Wildman–Crippen LogP) is 2.23. The van der Waals surface area contributed by atoms with Crippen LogP contribution in [0.1, 0.15) is 41.3 Å². The quantitative estimate of drug-likeness (QED) is 0.876. The molecule has 0 aliphatic rings. The van der Waals surface area contributed by atoms with Gasteiger partial charge in [-0.2, -0.15) is 0 Å². The summed E-state index contributed by atoms with van der Waals surface area (Å²) >= 11 is 0. The maximum atomic E-state index is 11.9. The summed E-state index contributed by atoms with van der Waals surface area (Å²) in [6.45, 7) is 3.53. The summed E-state index contributed by atoms with van der Waals surface area (Å²) in [6.07, 6.45) is 1.07. The molecule has 2 unspecified atom stereocenters. The Morgan fingerprint density at radius 2 is 2.10 bits per heavy atom. The maximum absolute atomic E-state index is 11.9. The van der Waals surface area contributed by atoms with Gasteiger partial charge in [-0.25, -0.2) is 4.98 Å². The molecule has 2 atom stereocenters. The fourth-order valence-corrected chi connectivity index (χ4v) is 2.02. The lowest BCUT2D eigenvalue weighted by molar-refractivity contribution is 0.0911. The molecule has 0 aliphatic carbocycles. The van der Waals surface area contributed by atoms with Crippen LogP contribution in [0.2, 0.25) is 0 Å². The first-order chi connectivity index (χ1) is 9.58. The highest BCUT2D eigenvalue weighted by Crippen LogP contribution is 2.18. The van der Waals surface area contributed by atoms with Crippen molar-refractivity contribution in [2.45, 2.75) is 32.4 Å². The van der Waals surface area contributed by atoms with Gasteiger partial charge in [0.05, 0.1) is 6.10 Å². The number of hydrogen-bond acceptors (Lipinski definition) is 4. The average Bonchev–Trinajstić information content (AvgIpc) is 2.86. The van der Waals surface area contributed by atoms with Gasteiger partial charge in [0.2, 0.25) is 0 Å². The molecule has 20 heavy (non-hydrogen) atoms. The van der Waals surface area contributed by atoms with Gasteiger partial charge in [-0.15, -0.1) is 0 Å². The van der Waals surface area contributed by atoms with E-state index in [1.807, 2.05) is 37.3 Å². The van der Waals surface area contributed by atoms with E-state index < -0.39 is 6.10 Å². The molecule has 2 N–H and O–H groups in total. The van der Waals surface area contributed by atoms with Crippen LogP contribution in [0.15, 0.2) is 41.1 Å². The number of carbonyl (C=O) groups is 1. The Kier molecular flexibility index (Phi) is 4.53. The highest BCUT2D eigenvalue weighted by Gasteiger charge is 2.18. The SMILES string of the molecule is Cc1ocnc1C(=O)NC(C)CC(O)c1ccccc1. The van der Waals surface area contributed by atoms with Gasteiger partial charge in [-0.1, -0.05) is 30.3 Å². The van der Waals surface area contributed by atoms with Gasteiger partial charge in [-0.05, 0) is 25.8 Å². The molecule has 2 rings (SSSR count). The molecular weight excluding hydrogens is 256 g/mol. The van der Waals surface area contributed by atoms with Crippen molar-refractivity contribution < 1.29 is 14.3 Å². The Bertz CT molecular complexity index is 566. The van der Waals surface area contributed by atoms with Crippen LogP contribution in [0.5, 0.6) is 0 Å². The van der Waals surface area contributed by atoms with Crippen LogP contribution in [0.3, 0.4) is 0 Å². The van der Waals surface area contributed by atoms with Gasteiger partial charge in [-0.3, -0.25) is 4.79 Å². The number of aryl methyl sites for hydroxylation is 1.